The van der Waals surface area contributed by atoms with E-state index in [9.17, 15) is 35.9 Å². The van der Waals surface area contributed by atoms with Crippen LogP contribution >= 0.6 is 0 Å². The molecule has 5 N–H and O–H groups in total. The van der Waals surface area contributed by atoms with E-state index in [4.69, 9.17) is 16.6 Å². The Hall–Kier alpha value is -4.09. The molecule has 2 aromatic rings. The number of halogens is 6. The number of hydrogen-bond donors (Lipinski definition) is 3. The SMILES string of the molecule is CCCC=CCc1cc(C)c(C(=O)N=C(N)N)cc1C(F)(F)F.CCCC=CCc1cc(C)c(C(=O)O)cc1C(F)(F)F. The first-order chi connectivity index (χ1) is 19.9. The van der Waals surface area contributed by atoms with Crippen molar-refractivity contribution in [2.24, 2.45) is 16.5 Å². The number of carboxylic acid groups (broad SMARTS) is 1. The Balaban J connectivity index is 0.000000434. The molecule has 12 heteroatoms. The summed E-state index contributed by atoms with van der Waals surface area (Å²) in [7, 11) is 0. The number of aromatic carboxylic acids is 1. The lowest BCUT2D eigenvalue weighted by atomic mass is 9.96. The Morgan fingerprint density at radius 1 is 0.744 bits per heavy atom. The first-order valence-electron chi connectivity index (χ1n) is 13.5. The Labute approximate surface area is 247 Å². The molecule has 0 aliphatic carbocycles. The molecule has 0 aliphatic heterocycles. The second-order valence-electron chi connectivity index (χ2n) is 9.72. The van der Waals surface area contributed by atoms with E-state index in [2.05, 4.69) is 4.99 Å². The van der Waals surface area contributed by atoms with Crippen LogP contribution in [0.15, 0.2) is 53.6 Å². The largest absolute Gasteiger partial charge is 0.478 e. The van der Waals surface area contributed by atoms with Crippen LogP contribution in [0.2, 0.25) is 0 Å². The van der Waals surface area contributed by atoms with Crippen LogP contribution < -0.4 is 11.5 Å². The lowest BCUT2D eigenvalue weighted by Crippen LogP contribution is -2.24. The van der Waals surface area contributed by atoms with Crippen molar-refractivity contribution in [1.29, 1.82) is 0 Å². The van der Waals surface area contributed by atoms with Gasteiger partial charge in [-0.05, 0) is 73.9 Å². The quantitative estimate of drug-likeness (QED) is 0.109. The first kappa shape index (κ1) is 36.9. The number of allylic oxidation sites excluding steroid dienone is 4. The molecular weight excluding hydrogens is 576 g/mol. The molecule has 43 heavy (non-hydrogen) atoms. The van der Waals surface area contributed by atoms with Gasteiger partial charge in [0.05, 0.1) is 16.7 Å². The Kier molecular flexibility index (Phi) is 14.2. The van der Waals surface area contributed by atoms with E-state index < -0.39 is 41.3 Å². The third-order valence-corrected chi connectivity index (χ3v) is 6.12. The summed E-state index contributed by atoms with van der Waals surface area (Å²) >= 11 is 0. The fourth-order valence-corrected chi connectivity index (χ4v) is 4.03. The van der Waals surface area contributed by atoms with Crippen molar-refractivity contribution in [1.82, 2.24) is 0 Å². The number of rotatable bonds is 10. The maximum atomic E-state index is 13.2. The maximum absolute atomic E-state index is 13.2. The van der Waals surface area contributed by atoms with Gasteiger partial charge in [-0.1, -0.05) is 63.1 Å². The first-order valence-corrected chi connectivity index (χ1v) is 13.5. The molecule has 0 saturated heterocycles. The molecule has 0 saturated carbocycles. The van der Waals surface area contributed by atoms with E-state index in [0.717, 1.165) is 37.8 Å². The fraction of sp³-hybridized carbons (Fsp3) is 0.387. The Bertz CT molecular complexity index is 1360. The molecule has 0 bridgehead atoms. The van der Waals surface area contributed by atoms with Crippen LogP contribution in [0.5, 0.6) is 0 Å². The minimum atomic E-state index is -4.56. The number of nitrogens with two attached hydrogens (primary N) is 2. The van der Waals surface area contributed by atoms with Gasteiger partial charge in [0.15, 0.2) is 5.96 Å². The van der Waals surface area contributed by atoms with Gasteiger partial charge in [0.2, 0.25) is 0 Å². The molecule has 0 atom stereocenters. The van der Waals surface area contributed by atoms with Gasteiger partial charge in [-0.15, -0.1) is 0 Å². The van der Waals surface area contributed by atoms with E-state index in [1.165, 1.54) is 19.1 Å². The molecule has 0 heterocycles. The summed E-state index contributed by atoms with van der Waals surface area (Å²) in [6, 6.07) is 4.20. The van der Waals surface area contributed by atoms with Gasteiger partial charge in [0.1, 0.15) is 0 Å². The third-order valence-electron chi connectivity index (χ3n) is 6.12. The average Bonchev–Trinajstić information content (AvgIpc) is 2.87. The Morgan fingerprint density at radius 3 is 1.49 bits per heavy atom. The fourth-order valence-electron chi connectivity index (χ4n) is 4.03. The number of amides is 1. The highest BCUT2D eigenvalue weighted by Crippen LogP contribution is 2.35. The predicted molar refractivity (Wildman–Crippen MR) is 155 cm³/mol. The third kappa shape index (κ3) is 12.0. The van der Waals surface area contributed by atoms with E-state index in [-0.39, 0.29) is 35.1 Å². The maximum Gasteiger partial charge on any atom is 0.416 e. The minimum absolute atomic E-state index is 0.104. The van der Waals surface area contributed by atoms with Crippen LogP contribution in [0.3, 0.4) is 0 Å². The van der Waals surface area contributed by atoms with Gasteiger partial charge in [-0.25, -0.2) is 4.79 Å². The monoisotopic (exact) mass is 613 g/mol. The van der Waals surface area contributed by atoms with Crippen LogP contribution in [0, 0.1) is 13.8 Å². The van der Waals surface area contributed by atoms with Gasteiger partial charge >= 0.3 is 18.3 Å². The molecule has 0 spiro atoms. The van der Waals surface area contributed by atoms with Crippen LogP contribution in [-0.4, -0.2) is 22.9 Å². The van der Waals surface area contributed by atoms with E-state index in [1.54, 1.807) is 19.1 Å². The second kappa shape index (κ2) is 16.5. The van der Waals surface area contributed by atoms with Crippen molar-refractivity contribution < 1.29 is 41.0 Å². The van der Waals surface area contributed by atoms with Crippen molar-refractivity contribution in [3.05, 3.63) is 93.1 Å². The summed E-state index contributed by atoms with van der Waals surface area (Å²) in [6.07, 6.45) is 1.72. The number of hydrogen-bond acceptors (Lipinski definition) is 2. The minimum Gasteiger partial charge on any atom is -0.478 e. The number of nitrogens with zero attached hydrogens (tertiary/aromatic N) is 1. The number of aryl methyl sites for hydroxylation is 2. The molecule has 0 aromatic heterocycles. The predicted octanol–water partition coefficient (Wildman–Crippen LogP) is 7.94. The summed E-state index contributed by atoms with van der Waals surface area (Å²) in [5.41, 5.74) is 8.97. The summed E-state index contributed by atoms with van der Waals surface area (Å²) in [4.78, 5) is 26.1. The zero-order valence-electron chi connectivity index (χ0n) is 24.5. The molecule has 6 nitrogen and oxygen atoms in total. The number of carbonyl (C=O) groups is 2. The van der Waals surface area contributed by atoms with Crippen LogP contribution in [0.1, 0.15) is 93.6 Å². The van der Waals surface area contributed by atoms with Gasteiger partial charge in [0, 0.05) is 5.56 Å². The number of carbonyl (C=O) groups excluding carboxylic acids is 1. The zero-order valence-corrected chi connectivity index (χ0v) is 24.5. The summed E-state index contributed by atoms with van der Waals surface area (Å²) < 4.78 is 78.7. The number of alkyl halides is 6. The molecule has 1 amide bonds. The van der Waals surface area contributed by atoms with E-state index in [1.807, 2.05) is 26.0 Å². The van der Waals surface area contributed by atoms with Gasteiger partial charge in [-0.3, -0.25) is 4.79 Å². The highest BCUT2D eigenvalue weighted by atomic mass is 19.4. The second-order valence-corrected chi connectivity index (χ2v) is 9.72. The van der Waals surface area contributed by atoms with Crippen molar-refractivity contribution in [2.45, 2.75) is 78.6 Å². The number of unbranched alkanes of at least 4 members (excludes halogenated alkanes) is 2. The lowest BCUT2D eigenvalue weighted by Gasteiger charge is -2.15. The molecular formula is C31H37F6N3O3. The van der Waals surface area contributed by atoms with Crippen molar-refractivity contribution in [3.8, 4) is 0 Å². The van der Waals surface area contributed by atoms with Crippen molar-refractivity contribution >= 4 is 17.8 Å². The van der Waals surface area contributed by atoms with E-state index in [0.29, 0.717) is 11.1 Å². The highest BCUT2D eigenvalue weighted by molar-refractivity contribution is 6.03. The van der Waals surface area contributed by atoms with Crippen LogP contribution in [-0.2, 0) is 25.2 Å². The molecule has 236 valence electrons. The average molecular weight is 614 g/mol. The van der Waals surface area contributed by atoms with Gasteiger partial charge < -0.3 is 16.6 Å². The molecule has 0 fully saturated rings. The number of benzene rings is 2. The van der Waals surface area contributed by atoms with E-state index >= 15 is 0 Å². The van der Waals surface area contributed by atoms with Crippen molar-refractivity contribution in [3.63, 3.8) is 0 Å². The molecule has 2 rings (SSSR count). The standard InChI is InChI=1S/C16H20F3N3O.C15H17F3O2/c1-3-4-5-6-7-11-8-10(2)12(14(23)22-15(20)21)9-13(11)16(17,18)19;1-3-4-5-6-7-11-8-10(2)12(14(19)20)9-13(11)15(16,17)18/h5-6,8-9H,3-4,7H2,1-2H3,(H4,20,21,22,23);5-6,8-9H,3-4,7H2,1-2H3,(H,19,20). The molecule has 0 radical (unpaired) electrons. The highest BCUT2D eigenvalue weighted by Gasteiger charge is 2.35. The topological polar surface area (TPSA) is 119 Å². The smallest absolute Gasteiger partial charge is 0.416 e. The van der Waals surface area contributed by atoms with Crippen LogP contribution in [0.4, 0.5) is 26.3 Å². The van der Waals surface area contributed by atoms with Gasteiger partial charge in [-0.2, -0.15) is 31.3 Å². The number of carboxylic acids is 1. The normalized spacial score (nSPS) is 11.9. The summed E-state index contributed by atoms with van der Waals surface area (Å²) in [5, 5.41) is 8.91. The lowest BCUT2D eigenvalue weighted by molar-refractivity contribution is -0.139. The Morgan fingerprint density at radius 2 is 1.14 bits per heavy atom. The zero-order chi connectivity index (χ0) is 33.0. The summed E-state index contributed by atoms with van der Waals surface area (Å²) in [5.74, 6) is -2.73. The molecule has 0 aliphatic rings. The van der Waals surface area contributed by atoms with Crippen LogP contribution in [0.25, 0.3) is 0 Å². The summed E-state index contributed by atoms with van der Waals surface area (Å²) in [6.45, 7) is 7.02. The number of aliphatic imine (C=N–C) groups is 1. The molecule has 2 aromatic carbocycles. The number of guanidine groups is 1. The van der Waals surface area contributed by atoms with Gasteiger partial charge in [0.25, 0.3) is 5.91 Å². The molecule has 0 unspecified atom stereocenters. The van der Waals surface area contributed by atoms with Crippen molar-refractivity contribution in [2.75, 3.05) is 0 Å².